The van der Waals surface area contributed by atoms with Gasteiger partial charge in [0.25, 0.3) is 0 Å². The Bertz CT molecular complexity index is 305. The average Bonchev–Trinajstić information content (AvgIpc) is 2.78. The van der Waals surface area contributed by atoms with Gasteiger partial charge in [-0.15, -0.1) is 0 Å². The van der Waals surface area contributed by atoms with Crippen molar-refractivity contribution in [3.05, 3.63) is 23.7 Å². The molecule has 1 aliphatic rings. The van der Waals surface area contributed by atoms with Gasteiger partial charge in [0.05, 0.1) is 12.8 Å². The minimum Gasteiger partial charge on any atom is -0.468 e. The molecule has 1 fully saturated rings. The Balaban J connectivity index is 1.73. The molecule has 2 atom stereocenters. The van der Waals surface area contributed by atoms with Gasteiger partial charge in [-0.05, 0) is 43.4 Å². The monoisotopic (exact) mass is 207 g/mol. The van der Waals surface area contributed by atoms with Gasteiger partial charge < -0.3 is 9.73 Å². The molecule has 0 saturated heterocycles. The second-order valence-electron chi connectivity index (χ2n) is 4.83. The minimum absolute atomic E-state index is 0.875. The molecule has 0 spiro atoms. The maximum atomic E-state index is 5.39. The van der Waals surface area contributed by atoms with Crippen molar-refractivity contribution < 1.29 is 4.42 Å². The highest BCUT2D eigenvalue weighted by Gasteiger charge is 2.22. The van der Waals surface area contributed by atoms with E-state index in [-0.39, 0.29) is 0 Å². The van der Waals surface area contributed by atoms with Crippen LogP contribution in [-0.4, -0.2) is 6.54 Å². The summed E-state index contributed by atoms with van der Waals surface area (Å²) >= 11 is 0. The Morgan fingerprint density at radius 1 is 1.47 bits per heavy atom. The van der Waals surface area contributed by atoms with Gasteiger partial charge >= 0.3 is 0 Å². The van der Waals surface area contributed by atoms with E-state index in [1.54, 1.807) is 6.26 Å². The zero-order valence-corrected chi connectivity index (χ0v) is 9.75. The summed E-state index contributed by atoms with van der Waals surface area (Å²) in [5.41, 5.74) is 1.25. The molecule has 1 aliphatic carbocycles. The Morgan fingerprint density at radius 2 is 2.33 bits per heavy atom. The molecule has 2 rings (SSSR count). The number of furan rings is 1. The third-order valence-electron chi connectivity index (χ3n) is 3.70. The van der Waals surface area contributed by atoms with E-state index in [0.717, 1.165) is 30.7 Å². The second-order valence-corrected chi connectivity index (χ2v) is 4.83. The predicted octanol–water partition coefficient (Wildman–Crippen LogP) is 3.11. The van der Waals surface area contributed by atoms with E-state index in [0.29, 0.717) is 0 Å². The minimum atomic E-state index is 0.875. The van der Waals surface area contributed by atoms with E-state index in [2.05, 4.69) is 19.2 Å². The smallest absolute Gasteiger partial charge is 0.120 e. The molecule has 15 heavy (non-hydrogen) atoms. The van der Waals surface area contributed by atoms with Gasteiger partial charge in [0.1, 0.15) is 5.76 Å². The van der Waals surface area contributed by atoms with Crippen LogP contribution in [0, 0.1) is 18.8 Å². The van der Waals surface area contributed by atoms with Gasteiger partial charge in [-0.3, -0.25) is 0 Å². The van der Waals surface area contributed by atoms with E-state index in [1.165, 1.54) is 24.8 Å². The lowest BCUT2D eigenvalue weighted by atomic mass is 9.98. The summed E-state index contributed by atoms with van der Waals surface area (Å²) < 4.78 is 5.39. The summed E-state index contributed by atoms with van der Waals surface area (Å²) in [7, 11) is 0. The van der Waals surface area contributed by atoms with Gasteiger partial charge in [0.15, 0.2) is 0 Å². The summed E-state index contributed by atoms with van der Waals surface area (Å²) in [6.07, 6.45) is 5.98. The zero-order valence-electron chi connectivity index (χ0n) is 9.75. The first-order chi connectivity index (χ1) is 7.27. The van der Waals surface area contributed by atoms with Crippen molar-refractivity contribution in [2.75, 3.05) is 6.54 Å². The van der Waals surface area contributed by atoms with Crippen molar-refractivity contribution in [2.24, 2.45) is 11.8 Å². The normalized spacial score (nSPS) is 26.0. The fourth-order valence-electron chi connectivity index (χ4n) is 2.48. The van der Waals surface area contributed by atoms with Crippen LogP contribution in [0.25, 0.3) is 0 Å². The summed E-state index contributed by atoms with van der Waals surface area (Å²) in [6, 6.07) is 2.02. The molecule has 0 amide bonds. The average molecular weight is 207 g/mol. The summed E-state index contributed by atoms with van der Waals surface area (Å²) in [6.45, 7) is 6.49. The van der Waals surface area contributed by atoms with Crippen molar-refractivity contribution in [1.82, 2.24) is 5.32 Å². The Kier molecular flexibility index (Phi) is 3.47. The lowest BCUT2D eigenvalue weighted by Crippen LogP contribution is -2.23. The number of aryl methyl sites for hydroxylation is 1. The summed E-state index contributed by atoms with van der Waals surface area (Å²) in [5, 5.41) is 3.51. The quantitative estimate of drug-likeness (QED) is 0.820. The van der Waals surface area contributed by atoms with Crippen molar-refractivity contribution in [1.29, 1.82) is 0 Å². The highest BCUT2D eigenvalue weighted by molar-refractivity contribution is 5.14. The standard InChI is InChI=1S/C13H21NO/c1-10-4-3-5-12(10)8-14-9-13-11(2)6-7-15-13/h6-7,10,12,14H,3-5,8-9H2,1-2H3. The predicted molar refractivity (Wildman–Crippen MR) is 61.7 cm³/mol. The lowest BCUT2D eigenvalue weighted by molar-refractivity contribution is 0.379. The third kappa shape index (κ3) is 2.63. The maximum Gasteiger partial charge on any atom is 0.120 e. The van der Waals surface area contributed by atoms with Crippen LogP contribution in [0.2, 0.25) is 0 Å². The molecule has 1 saturated carbocycles. The van der Waals surface area contributed by atoms with E-state index in [9.17, 15) is 0 Å². The number of hydrogen-bond donors (Lipinski definition) is 1. The van der Waals surface area contributed by atoms with Crippen LogP contribution in [0.4, 0.5) is 0 Å². The van der Waals surface area contributed by atoms with Crippen LogP contribution < -0.4 is 5.32 Å². The van der Waals surface area contributed by atoms with Crippen LogP contribution in [0.15, 0.2) is 16.7 Å². The molecule has 2 heteroatoms. The molecule has 0 aliphatic heterocycles. The molecule has 1 N–H and O–H groups in total. The van der Waals surface area contributed by atoms with Gasteiger partial charge in [-0.2, -0.15) is 0 Å². The van der Waals surface area contributed by atoms with E-state index >= 15 is 0 Å². The van der Waals surface area contributed by atoms with Gasteiger partial charge in [-0.25, -0.2) is 0 Å². The molecule has 1 heterocycles. The van der Waals surface area contributed by atoms with E-state index < -0.39 is 0 Å². The topological polar surface area (TPSA) is 25.2 Å². The van der Waals surface area contributed by atoms with Crippen LogP contribution in [0.1, 0.15) is 37.5 Å². The molecular weight excluding hydrogens is 186 g/mol. The fraction of sp³-hybridized carbons (Fsp3) is 0.692. The van der Waals surface area contributed by atoms with Crippen molar-refractivity contribution >= 4 is 0 Å². The molecule has 2 nitrogen and oxygen atoms in total. The fourth-order valence-corrected chi connectivity index (χ4v) is 2.48. The molecule has 2 unspecified atom stereocenters. The molecule has 84 valence electrons. The van der Waals surface area contributed by atoms with Crippen LogP contribution in [0.5, 0.6) is 0 Å². The van der Waals surface area contributed by atoms with Crippen molar-refractivity contribution in [3.8, 4) is 0 Å². The number of hydrogen-bond acceptors (Lipinski definition) is 2. The van der Waals surface area contributed by atoms with Crippen molar-refractivity contribution in [3.63, 3.8) is 0 Å². The Morgan fingerprint density at radius 3 is 2.93 bits per heavy atom. The maximum absolute atomic E-state index is 5.39. The number of nitrogens with one attached hydrogen (secondary N) is 1. The highest BCUT2D eigenvalue weighted by atomic mass is 16.3. The van der Waals surface area contributed by atoms with Crippen LogP contribution in [0.3, 0.4) is 0 Å². The van der Waals surface area contributed by atoms with Crippen molar-refractivity contribution in [2.45, 2.75) is 39.7 Å². The second kappa shape index (κ2) is 4.84. The van der Waals surface area contributed by atoms with Gasteiger partial charge in [0.2, 0.25) is 0 Å². The third-order valence-corrected chi connectivity index (χ3v) is 3.70. The van der Waals surface area contributed by atoms with E-state index in [1.807, 2.05) is 6.07 Å². The largest absolute Gasteiger partial charge is 0.468 e. The molecule has 1 aromatic rings. The lowest BCUT2D eigenvalue weighted by Gasteiger charge is -2.15. The molecule has 1 aromatic heterocycles. The Labute approximate surface area is 92.1 Å². The first-order valence-corrected chi connectivity index (χ1v) is 6.01. The SMILES string of the molecule is Cc1ccoc1CNCC1CCCC1C. The summed E-state index contributed by atoms with van der Waals surface area (Å²) in [4.78, 5) is 0. The molecule has 0 aromatic carbocycles. The zero-order chi connectivity index (χ0) is 10.7. The molecule has 0 bridgehead atoms. The summed E-state index contributed by atoms with van der Waals surface area (Å²) in [5.74, 6) is 2.86. The highest BCUT2D eigenvalue weighted by Crippen LogP contribution is 2.30. The number of rotatable bonds is 4. The first kappa shape index (κ1) is 10.7. The molecule has 0 radical (unpaired) electrons. The Hall–Kier alpha value is -0.760. The van der Waals surface area contributed by atoms with Gasteiger partial charge in [0, 0.05) is 0 Å². The first-order valence-electron chi connectivity index (χ1n) is 6.01. The van der Waals surface area contributed by atoms with Crippen LogP contribution >= 0.6 is 0 Å². The van der Waals surface area contributed by atoms with E-state index in [4.69, 9.17) is 4.42 Å². The van der Waals surface area contributed by atoms with Crippen LogP contribution in [-0.2, 0) is 6.54 Å². The van der Waals surface area contributed by atoms with Gasteiger partial charge in [-0.1, -0.05) is 19.8 Å². The molecular formula is C13H21NO.